The van der Waals surface area contributed by atoms with Gasteiger partial charge < -0.3 is 25.3 Å². The number of carbonyl (C=O) groups is 3. The second-order valence-corrected chi connectivity index (χ2v) is 32.4. The number of nitrogens with zero attached hydrogens (tertiary/aromatic N) is 6. The van der Waals surface area contributed by atoms with E-state index in [1.54, 1.807) is 0 Å². The molecular formula is C115H105Ir4N6O6-3. The maximum absolute atomic E-state index is 11.0. The Labute approximate surface area is 823 Å². The number of para-hydroxylation sites is 2. The molecule has 4 radical (unpaired) electrons. The predicted octanol–water partition coefficient (Wildman–Crippen LogP) is 27.9. The Balaban J connectivity index is 0.000000191. The number of hydrogen-bond donors (Lipinski definition) is 3. The zero-order valence-electron chi connectivity index (χ0n) is 76.0. The Morgan fingerprint density at radius 1 is 0.412 bits per heavy atom. The number of allylic oxidation sites excluding steroid dienone is 6. The van der Waals surface area contributed by atoms with Crippen LogP contribution in [-0.4, -0.2) is 57.6 Å². The van der Waals surface area contributed by atoms with Crippen LogP contribution in [0.4, 0.5) is 0 Å². The third-order valence-corrected chi connectivity index (χ3v) is 20.9. The first kappa shape index (κ1) is 104. The molecule has 131 heavy (non-hydrogen) atoms. The van der Waals surface area contributed by atoms with Crippen molar-refractivity contribution in [1.82, 2.24) is 24.9 Å². The van der Waals surface area contributed by atoms with Crippen molar-refractivity contribution >= 4 is 93.4 Å². The summed E-state index contributed by atoms with van der Waals surface area (Å²) in [5.41, 5.74) is 28.6. The summed E-state index contributed by atoms with van der Waals surface area (Å²) in [6.45, 7) is 28.6. The summed E-state index contributed by atoms with van der Waals surface area (Å²) >= 11 is 0. The summed E-state index contributed by atoms with van der Waals surface area (Å²) in [5.74, 6) is 0.0356. The Morgan fingerprint density at radius 3 is 1.54 bits per heavy atom. The zero-order valence-corrected chi connectivity index (χ0v) is 85.6. The number of hydrogen-bond acceptors (Lipinski definition) is 11. The van der Waals surface area contributed by atoms with E-state index < -0.39 is 0 Å². The number of carbonyl (C=O) groups excluding carboxylic acids is 3. The molecule has 16 heteroatoms. The molecular weight excluding hydrogens is 2330 g/mol. The van der Waals surface area contributed by atoms with Gasteiger partial charge in [0.05, 0.1) is 45.1 Å². The molecule has 12 nitrogen and oxygen atoms in total. The standard InChI is InChI=1S/C29H19N2.C18H16N.2C17H14N.C15H10N.C9H16O2.2C5H8O2.4Ir/c1-19-18-30-28-24-14-12-22(20-8-4-2-5-9-20)16-26(24)27-17-23(21-10-6-3-7-11-21)13-15-25(27)29(28)31-19;1-12-4-5-15-6-7-17(19-18(15)11-12)16-9-13(2)8-14(3)10-16;1-12-10-13-6-3-5-9-16(13)18-11-14-7-2-4-8-15(14)17(12)18;1-12-9-13(2)11-15(10-12)17-8-7-14-5-3-4-6-16(14)18-17;1-2-7-13(8-3-1)15-14-9-5-4-6-12(14)10-11-16-15;1-6(2)8(10)5-9(11)7(3)4;2*1-4(6)3-5(2)7;;;;/h2-13,15-18H,1H3;4-9,11H,1-3H3;2-10H,11H2,1H3;3-10H,1-2H3;1-7,9-11H;5-7,10H,1-4H3;2*3,6H,1-2H3;;;;/q2*-1;+1;2*-1;;;;;;;. The second kappa shape index (κ2) is 49.6. The van der Waals surface area contributed by atoms with E-state index in [2.05, 4.69) is 294 Å². The first-order valence-electron chi connectivity index (χ1n) is 42.5. The van der Waals surface area contributed by atoms with Crippen molar-refractivity contribution in [3.05, 3.63) is 408 Å². The molecule has 0 fully saturated rings. The first-order valence-corrected chi connectivity index (χ1v) is 42.5. The maximum atomic E-state index is 11.0. The number of benzene rings is 13. The Hall–Kier alpha value is -12.4. The minimum absolute atomic E-state index is 0. The van der Waals surface area contributed by atoms with Gasteiger partial charge in [0.2, 0.25) is 11.2 Å². The zero-order chi connectivity index (χ0) is 90.4. The van der Waals surface area contributed by atoms with Crippen molar-refractivity contribution in [2.75, 3.05) is 0 Å². The van der Waals surface area contributed by atoms with Crippen LogP contribution in [0.2, 0.25) is 0 Å². The van der Waals surface area contributed by atoms with Gasteiger partial charge in [0.15, 0.2) is 23.9 Å². The fourth-order valence-corrected chi connectivity index (χ4v) is 15.0. The van der Waals surface area contributed by atoms with Crippen LogP contribution < -0.4 is 4.57 Å². The molecule has 19 rings (SSSR count). The van der Waals surface area contributed by atoms with Crippen LogP contribution in [0.3, 0.4) is 0 Å². The van der Waals surface area contributed by atoms with Crippen LogP contribution in [0, 0.1) is 84.6 Å². The number of aliphatic hydroxyl groups excluding tert-OH is 3. The van der Waals surface area contributed by atoms with Gasteiger partial charge in [0, 0.05) is 151 Å². The molecule has 1 aliphatic heterocycles. The first-order chi connectivity index (χ1) is 61.1. The number of ketones is 3. The van der Waals surface area contributed by atoms with E-state index in [9.17, 15) is 19.5 Å². The normalized spacial score (nSPS) is 11.0. The summed E-state index contributed by atoms with van der Waals surface area (Å²) in [6, 6.07) is 115. The van der Waals surface area contributed by atoms with Gasteiger partial charge in [-0.15, -0.1) is 129 Å². The van der Waals surface area contributed by atoms with Gasteiger partial charge in [0.1, 0.15) is 0 Å². The maximum Gasteiger partial charge on any atom is 0.216 e. The second-order valence-electron chi connectivity index (χ2n) is 32.4. The molecule has 3 N–H and O–H groups in total. The molecule has 0 amide bonds. The molecule has 1 aliphatic rings. The third kappa shape index (κ3) is 28.3. The average molecular weight is 2440 g/mol. The van der Waals surface area contributed by atoms with Crippen molar-refractivity contribution in [3.63, 3.8) is 0 Å². The van der Waals surface area contributed by atoms with E-state index in [0.29, 0.717) is 0 Å². The molecule has 18 aromatic rings. The van der Waals surface area contributed by atoms with E-state index in [1.807, 2.05) is 120 Å². The van der Waals surface area contributed by atoms with E-state index in [1.165, 1.54) is 140 Å². The van der Waals surface area contributed by atoms with Crippen LogP contribution in [0.15, 0.2) is 339 Å². The average Bonchev–Trinajstić information content (AvgIpc) is 1.42. The van der Waals surface area contributed by atoms with Crippen molar-refractivity contribution in [2.24, 2.45) is 11.8 Å². The fraction of sp³-hybridized carbons (Fsp3) is 0.157. The number of fused-ring (bicyclic) bond motifs is 14. The number of aryl methyl sites for hydroxylation is 7. The molecule has 0 unspecified atom stereocenters. The molecule has 0 saturated heterocycles. The Kier molecular flexibility index (Phi) is 39.3. The van der Waals surface area contributed by atoms with Gasteiger partial charge >= 0.3 is 0 Å². The largest absolute Gasteiger partial charge is 0.512 e. The van der Waals surface area contributed by atoms with Crippen LogP contribution in [0.5, 0.6) is 0 Å². The molecule has 0 bridgehead atoms. The van der Waals surface area contributed by atoms with E-state index in [4.69, 9.17) is 30.1 Å². The molecule has 0 spiro atoms. The van der Waals surface area contributed by atoms with Crippen molar-refractivity contribution in [1.29, 1.82) is 0 Å². The third-order valence-electron chi connectivity index (χ3n) is 20.9. The minimum atomic E-state index is -0.125. The van der Waals surface area contributed by atoms with Crippen LogP contribution in [-0.2, 0) is 101 Å². The molecule has 0 atom stereocenters. The molecule has 6 heterocycles. The van der Waals surface area contributed by atoms with Crippen LogP contribution >= 0.6 is 0 Å². The number of pyridine rings is 4. The van der Waals surface area contributed by atoms with Crippen LogP contribution in [0.25, 0.3) is 143 Å². The summed E-state index contributed by atoms with van der Waals surface area (Å²) in [6.07, 6.45) is 7.33. The van der Waals surface area contributed by atoms with Gasteiger partial charge in [-0.2, -0.15) is 4.57 Å². The SMILES string of the molecule is CC(=O)C=C(C)O.CC(=O)C=C(C)O.CC(C)C(=O)C=C(O)C(C)C.Cc1[c-]c(-c2ccc3ccc(C)cc3n2)cc(C)c1.Cc1[c-]c(-c2ccc3ccccc3n2)cc(C)c1.Cc1cc2ccccc2[n+]2c1-c1ccccc1C2.Cc1cnc2c3[c-]cc(-c4ccccc4)cc3c3cc(-c4ccccc4)ccc3c2n1.[Ir].[Ir].[Ir].[Ir].[c-]1ccccc1-c1nccc2ccccc12. The number of rotatable bonds is 10. The minimum Gasteiger partial charge on any atom is -0.512 e. The number of aromatic nitrogens is 6. The quantitative estimate of drug-likeness (QED) is 0.0390. The Bertz CT molecular complexity index is 7040. The molecule has 0 aliphatic carbocycles. The van der Waals surface area contributed by atoms with Crippen molar-refractivity contribution in [2.45, 2.75) is 110 Å². The van der Waals surface area contributed by atoms with Crippen LogP contribution in [0.1, 0.15) is 100 Å². The van der Waals surface area contributed by atoms with E-state index in [0.717, 1.165) is 101 Å². The van der Waals surface area contributed by atoms with Gasteiger partial charge in [-0.25, -0.2) is 0 Å². The molecule has 670 valence electrons. The van der Waals surface area contributed by atoms with Gasteiger partial charge in [-0.3, -0.25) is 29.3 Å². The summed E-state index contributed by atoms with van der Waals surface area (Å²) in [7, 11) is 0. The topological polar surface area (TPSA) is 180 Å². The van der Waals surface area contributed by atoms with E-state index >= 15 is 0 Å². The van der Waals surface area contributed by atoms with Gasteiger partial charge in [-0.1, -0.05) is 265 Å². The number of aliphatic hydroxyl groups is 3. The van der Waals surface area contributed by atoms with Gasteiger partial charge in [-0.05, 0) is 146 Å². The molecule has 5 aromatic heterocycles. The summed E-state index contributed by atoms with van der Waals surface area (Å²) < 4.78 is 2.44. The Morgan fingerprint density at radius 2 is 0.954 bits per heavy atom. The van der Waals surface area contributed by atoms with Gasteiger partial charge in [0.25, 0.3) is 0 Å². The summed E-state index contributed by atoms with van der Waals surface area (Å²) in [5, 5.41) is 36.4. The fourth-order valence-electron chi connectivity index (χ4n) is 15.0. The molecule has 13 aromatic carbocycles. The van der Waals surface area contributed by atoms with Crippen molar-refractivity contribution in [3.8, 4) is 67.3 Å². The van der Waals surface area contributed by atoms with E-state index in [-0.39, 0.29) is 127 Å². The summed E-state index contributed by atoms with van der Waals surface area (Å²) in [4.78, 5) is 54.6. The molecule has 0 saturated carbocycles. The monoisotopic (exact) mass is 2440 g/mol. The predicted molar refractivity (Wildman–Crippen MR) is 524 cm³/mol. The smallest absolute Gasteiger partial charge is 0.216 e. The van der Waals surface area contributed by atoms with Crippen molar-refractivity contribution < 1.29 is 115 Å².